The number of carboxylic acid groups (broad SMARTS) is 1. The second-order valence-corrected chi connectivity index (χ2v) is 7.57. The molecule has 0 saturated carbocycles. The van der Waals surface area contributed by atoms with E-state index in [1.165, 1.54) is 0 Å². The lowest BCUT2D eigenvalue weighted by Gasteiger charge is -2.06. The standard InChI is InChI=1S/C12H15NO3.C10H11NO3/c1-4-16-12(15)11-8-5-6-9(14)10(8)7(2)13(11)3;1-5-8-6(3-4-7(8)12)9(10(13)14)11(5)2/h4-6H2,1-3H3;3-4H2,1-2H3,(H,13,14). The third-order valence-corrected chi connectivity index (χ3v) is 6.01. The van der Waals surface area contributed by atoms with Crippen LogP contribution in [0.3, 0.4) is 0 Å². The van der Waals surface area contributed by atoms with Crippen LogP contribution < -0.4 is 0 Å². The lowest BCUT2D eigenvalue weighted by Crippen LogP contribution is -2.12. The number of ketones is 2. The normalized spacial score (nSPS) is 14.3. The zero-order valence-electron chi connectivity index (χ0n) is 17.9. The molecule has 2 aliphatic carbocycles. The molecule has 2 aliphatic rings. The lowest BCUT2D eigenvalue weighted by molar-refractivity contribution is 0.0512. The van der Waals surface area contributed by atoms with Crippen molar-refractivity contribution in [3.63, 3.8) is 0 Å². The quantitative estimate of drug-likeness (QED) is 0.774. The van der Waals surface area contributed by atoms with E-state index in [4.69, 9.17) is 9.84 Å². The molecule has 0 fully saturated rings. The molecule has 0 spiro atoms. The Morgan fingerprint density at radius 2 is 1.30 bits per heavy atom. The van der Waals surface area contributed by atoms with Gasteiger partial charge in [0.15, 0.2) is 11.6 Å². The van der Waals surface area contributed by atoms with Crippen molar-refractivity contribution in [2.45, 2.75) is 46.5 Å². The van der Waals surface area contributed by atoms with Crippen LogP contribution in [0.15, 0.2) is 0 Å². The van der Waals surface area contributed by atoms with Crippen LogP contribution in [-0.4, -0.2) is 44.4 Å². The summed E-state index contributed by atoms with van der Waals surface area (Å²) in [6.45, 7) is 5.78. The molecule has 2 heterocycles. The number of hydrogen-bond acceptors (Lipinski definition) is 5. The lowest BCUT2D eigenvalue weighted by atomic mass is 10.1. The highest BCUT2D eigenvalue weighted by atomic mass is 16.5. The van der Waals surface area contributed by atoms with Crippen LogP contribution in [0.5, 0.6) is 0 Å². The first-order valence-electron chi connectivity index (χ1n) is 9.94. The Labute approximate surface area is 174 Å². The summed E-state index contributed by atoms with van der Waals surface area (Å²) < 4.78 is 8.36. The number of aromatic carboxylic acids is 1. The van der Waals surface area contributed by atoms with Crippen LogP contribution in [-0.2, 0) is 31.7 Å². The van der Waals surface area contributed by atoms with Gasteiger partial charge in [-0.15, -0.1) is 0 Å². The third kappa shape index (κ3) is 3.26. The Bertz CT molecular complexity index is 1080. The molecule has 1 N–H and O–H groups in total. The molecule has 4 rings (SSSR count). The molecule has 0 saturated heterocycles. The van der Waals surface area contributed by atoms with E-state index in [-0.39, 0.29) is 23.2 Å². The van der Waals surface area contributed by atoms with Gasteiger partial charge >= 0.3 is 11.9 Å². The highest BCUT2D eigenvalue weighted by Crippen LogP contribution is 2.31. The molecule has 0 bridgehead atoms. The molecule has 160 valence electrons. The van der Waals surface area contributed by atoms with Gasteiger partial charge < -0.3 is 19.0 Å². The predicted octanol–water partition coefficient (Wildman–Crippen LogP) is 2.80. The monoisotopic (exact) mass is 414 g/mol. The van der Waals surface area contributed by atoms with E-state index >= 15 is 0 Å². The van der Waals surface area contributed by atoms with E-state index in [1.54, 1.807) is 37.1 Å². The maximum absolute atomic E-state index is 11.8. The Hall–Kier alpha value is -3.16. The number of carbonyl (C=O) groups is 4. The van der Waals surface area contributed by atoms with Gasteiger partial charge in [-0.3, -0.25) is 9.59 Å². The van der Waals surface area contributed by atoms with Gasteiger partial charge in [-0.1, -0.05) is 0 Å². The summed E-state index contributed by atoms with van der Waals surface area (Å²) in [5.74, 6) is -1.07. The molecule has 0 unspecified atom stereocenters. The SMILES string of the molecule is CCOC(=O)c1c2c(c(C)n1C)C(=O)CC2.Cc1c2c(c(C(=O)O)n1C)CCC2=O. The van der Waals surface area contributed by atoms with E-state index in [2.05, 4.69) is 0 Å². The van der Waals surface area contributed by atoms with Gasteiger partial charge in [-0.05, 0) is 44.7 Å². The minimum Gasteiger partial charge on any atom is -0.477 e. The van der Waals surface area contributed by atoms with E-state index in [1.807, 2.05) is 6.92 Å². The number of carbonyl (C=O) groups excluding carboxylic acids is 3. The summed E-state index contributed by atoms with van der Waals surface area (Å²) in [4.78, 5) is 45.9. The van der Waals surface area contributed by atoms with Gasteiger partial charge in [-0.2, -0.15) is 0 Å². The van der Waals surface area contributed by atoms with Crippen molar-refractivity contribution >= 4 is 23.5 Å². The van der Waals surface area contributed by atoms with Crippen molar-refractivity contribution in [1.82, 2.24) is 9.13 Å². The van der Waals surface area contributed by atoms with Gasteiger partial charge in [0.05, 0.1) is 6.61 Å². The van der Waals surface area contributed by atoms with Gasteiger partial charge in [-0.25, -0.2) is 9.59 Å². The highest BCUT2D eigenvalue weighted by Gasteiger charge is 2.32. The predicted molar refractivity (Wildman–Crippen MR) is 109 cm³/mol. The van der Waals surface area contributed by atoms with Crippen molar-refractivity contribution in [2.75, 3.05) is 6.61 Å². The Morgan fingerprint density at radius 3 is 1.73 bits per heavy atom. The first kappa shape index (κ1) is 21.5. The molecule has 0 aliphatic heterocycles. The number of carboxylic acids is 1. The van der Waals surface area contributed by atoms with Crippen molar-refractivity contribution in [1.29, 1.82) is 0 Å². The topological polar surface area (TPSA) is 108 Å². The number of rotatable bonds is 3. The molecule has 8 heteroatoms. The van der Waals surface area contributed by atoms with E-state index in [0.717, 1.165) is 22.5 Å². The minimum atomic E-state index is -0.952. The number of hydrogen-bond donors (Lipinski definition) is 1. The fourth-order valence-electron chi connectivity index (χ4n) is 4.44. The largest absolute Gasteiger partial charge is 0.477 e. The average Bonchev–Trinajstić information content (AvgIpc) is 3.37. The van der Waals surface area contributed by atoms with Gasteiger partial charge in [0.2, 0.25) is 0 Å². The summed E-state index contributed by atoms with van der Waals surface area (Å²) in [5, 5.41) is 9.00. The van der Waals surface area contributed by atoms with Gasteiger partial charge in [0.25, 0.3) is 0 Å². The number of ether oxygens (including phenoxy) is 1. The van der Waals surface area contributed by atoms with Crippen molar-refractivity contribution in [3.05, 3.63) is 45.0 Å². The fourth-order valence-corrected chi connectivity index (χ4v) is 4.44. The van der Waals surface area contributed by atoms with E-state index in [9.17, 15) is 19.2 Å². The van der Waals surface area contributed by atoms with Crippen LogP contribution in [0.2, 0.25) is 0 Å². The zero-order valence-corrected chi connectivity index (χ0v) is 17.9. The number of aromatic nitrogens is 2. The van der Waals surface area contributed by atoms with Crippen molar-refractivity contribution in [2.24, 2.45) is 14.1 Å². The van der Waals surface area contributed by atoms with E-state index < -0.39 is 5.97 Å². The molecular formula is C22H26N2O6. The summed E-state index contributed by atoms with van der Waals surface area (Å²) in [6.07, 6.45) is 2.19. The zero-order chi connectivity index (χ0) is 22.3. The smallest absolute Gasteiger partial charge is 0.355 e. The molecule has 0 radical (unpaired) electrons. The van der Waals surface area contributed by atoms with Crippen molar-refractivity contribution in [3.8, 4) is 0 Å². The molecule has 0 aromatic carbocycles. The molecular weight excluding hydrogens is 388 g/mol. The van der Waals surface area contributed by atoms with Crippen LogP contribution in [0.25, 0.3) is 0 Å². The maximum atomic E-state index is 11.8. The molecule has 30 heavy (non-hydrogen) atoms. The number of esters is 1. The molecule has 0 amide bonds. The molecule has 2 aromatic heterocycles. The molecule has 0 atom stereocenters. The van der Waals surface area contributed by atoms with Crippen LogP contribution >= 0.6 is 0 Å². The maximum Gasteiger partial charge on any atom is 0.355 e. The first-order chi connectivity index (χ1) is 14.1. The Kier molecular flexibility index (Phi) is 5.70. The summed E-state index contributed by atoms with van der Waals surface area (Å²) in [6, 6.07) is 0. The Morgan fingerprint density at radius 1 is 0.867 bits per heavy atom. The summed E-state index contributed by atoms with van der Waals surface area (Å²) >= 11 is 0. The van der Waals surface area contributed by atoms with Crippen molar-refractivity contribution < 1.29 is 29.0 Å². The van der Waals surface area contributed by atoms with Gasteiger partial charge in [0.1, 0.15) is 11.4 Å². The highest BCUT2D eigenvalue weighted by molar-refractivity contribution is 6.06. The van der Waals surface area contributed by atoms with Crippen LogP contribution in [0.1, 0.15) is 84.0 Å². The van der Waals surface area contributed by atoms with Gasteiger partial charge in [0, 0.05) is 49.5 Å². The number of nitrogens with zero attached hydrogens (tertiary/aromatic N) is 2. The fraction of sp³-hybridized carbons (Fsp3) is 0.455. The van der Waals surface area contributed by atoms with Crippen LogP contribution in [0.4, 0.5) is 0 Å². The number of fused-ring (bicyclic) bond motifs is 2. The minimum absolute atomic E-state index is 0.0700. The average molecular weight is 414 g/mol. The third-order valence-electron chi connectivity index (χ3n) is 6.01. The Balaban J connectivity index is 0.000000172. The van der Waals surface area contributed by atoms with E-state index in [0.29, 0.717) is 49.1 Å². The summed E-state index contributed by atoms with van der Waals surface area (Å²) in [7, 11) is 3.48. The second kappa shape index (κ2) is 7.93. The summed E-state index contributed by atoms with van der Waals surface area (Å²) in [5.41, 5.74) is 5.37. The first-order valence-corrected chi connectivity index (χ1v) is 9.94. The molecule has 2 aromatic rings. The van der Waals surface area contributed by atoms with Crippen LogP contribution in [0, 0.1) is 13.8 Å². The number of Topliss-reactive ketones (excluding diaryl/α,β-unsaturated/α-hetero) is 2. The molecule has 8 nitrogen and oxygen atoms in total. The second-order valence-electron chi connectivity index (χ2n) is 7.57.